The zero-order chi connectivity index (χ0) is 25.3. The molecule has 1 saturated heterocycles. The van der Waals surface area contributed by atoms with E-state index in [1.54, 1.807) is 13.0 Å². The summed E-state index contributed by atoms with van der Waals surface area (Å²) in [5, 5.41) is 0. The Hall–Kier alpha value is -3.12. The molecule has 1 unspecified atom stereocenters. The first-order valence-electron chi connectivity index (χ1n) is 12.6. The van der Waals surface area contributed by atoms with Crippen molar-refractivity contribution >= 4 is 5.91 Å². The number of piperazine rings is 1. The van der Waals surface area contributed by atoms with Gasteiger partial charge >= 0.3 is 6.18 Å². The maximum Gasteiger partial charge on any atom is 0.416 e. The van der Waals surface area contributed by atoms with Crippen molar-refractivity contribution in [1.82, 2.24) is 9.80 Å². The molecule has 3 aromatic rings. The maximum absolute atomic E-state index is 13.7. The molecule has 36 heavy (non-hydrogen) atoms. The van der Waals surface area contributed by atoms with E-state index in [4.69, 9.17) is 0 Å². The zero-order valence-corrected chi connectivity index (χ0v) is 20.5. The molecule has 1 heterocycles. The van der Waals surface area contributed by atoms with Crippen molar-refractivity contribution in [3.63, 3.8) is 0 Å². The highest BCUT2D eigenvalue weighted by Gasteiger charge is 2.36. The molecular weight excluding hydrogens is 461 g/mol. The van der Waals surface area contributed by atoms with E-state index < -0.39 is 11.7 Å². The van der Waals surface area contributed by atoms with Crippen LogP contribution in [0.4, 0.5) is 13.2 Å². The summed E-state index contributed by atoms with van der Waals surface area (Å²) in [6, 6.07) is 22.4. The molecule has 5 rings (SSSR count). The Morgan fingerprint density at radius 2 is 1.72 bits per heavy atom. The van der Waals surface area contributed by atoms with Gasteiger partial charge in [-0.2, -0.15) is 13.2 Å². The van der Waals surface area contributed by atoms with Crippen molar-refractivity contribution in [2.75, 3.05) is 19.6 Å². The van der Waals surface area contributed by atoms with E-state index >= 15 is 0 Å². The molecule has 0 bridgehead atoms. The number of rotatable bonds is 5. The minimum atomic E-state index is -4.48. The molecule has 0 saturated carbocycles. The molecule has 0 aromatic heterocycles. The van der Waals surface area contributed by atoms with E-state index in [0.717, 1.165) is 37.9 Å². The molecule has 0 N–H and O–H groups in total. The van der Waals surface area contributed by atoms with Crippen LogP contribution in [-0.4, -0.2) is 41.4 Å². The second kappa shape index (κ2) is 10.1. The van der Waals surface area contributed by atoms with Gasteiger partial charge in [0.05, 0.1) is 5.56 Å². The molecule has 0 spiro atoms. The van der Waals surface area contributed by atoms with Crippen LogP contribution < -0.4 is 0 Å². The van der Waals surface area contributed by atoms with E-state index in [1.807, 2.05) is 23.1 Å². The van der Waals surface area contributed by atoms with Gasteiger partial charge in [0, 0.05) is 37.8 Å². The number of halogens is 3. The number of aryl methyl sites for hydroxylation is 2. The standard InChI is InChI=1S/C30H31F3N2O/c1-21-15-25(17-26(16-21)30(31,32)33)29(36)35-14-13-34(19-22-7-3-2-4-8-22)20-27(35)18-24-12-11-23-9-5-6-10-28(23)24/h2-10,15-17,24,27H,11-14,18-20H2,1H3/t24?,27-/m1/s1. The van der Waals surface area contributed by atoms with Crippen LogP contribution in [0.1, 0.15) is 56.9 Å². The van der Waals surface area contributed by atoms with Gasteiger partial charge in [-0.15, -0.1) is 0 Å². The number of carbonyl (C=O) groups excluding carboxylic acids is 1. The summed E-state index contributed by atoms with van der Waals surface area (Å²) in [7, 11) is 0. The van der Waals surface area contributed by atoms with Crippen LogP contribution in [0.3, 0.4) is 0 Å². The fourth-order valence-corrected chi connectivity index (χ4v) is 5.83. The van der Waals surface area contributed by atoms with Gasteiger partial charge < -0.3 is 4.90 Å². The van der Waals surface area contributed by atoms with Crippen molar-refractivity contribution < 1.29 is 18.0 Å². The lowest BCUT2D eigenvalue weighted by Crippen LogP contribution is -2.55. The van der Waals surface area contributed by atoms with Crippen LogP contribution in [0.5, 0.6) is 0 Å². The summed E-state index contributed by atoms with van der Waals surface area (Å²) in [4.78, 5) is 17.9. The molecule has 2 atom stereocenters. The predicted octanol–water partition coefficient (Wildman–Crippen LogP) is 6.46. The normalized spacial score (nSPS) is 20.4. The number of carbonyl (C=O) groups is 1. The number of amides is 1. The Labute approximate surface area is 210 Å². The first-order chi connectivity index (χ1) is 17.3. The number of nitrogens with zero attached hydrogens (tertiary/aromatic N) is 2. The van der Waals surface area contributed by atoms with Crippen molar-refractivity contribution in [1.29, 1.82) is 0 Å². The molecule has 1 aliphatic heterocycles. The molecule has 188 valence electrons. The van der Waals surface area contributed by atoms with Gasteiger partial charge in [0.2, 0.25) is 0 Å². The number of benzene rings is 3. The van der Waals surface area contributed by atoms with Gasteiger partial charge in [-0.05, 0) is 72.6 Å². The molecule has 3 nitrogen and oxygen atoms in total. The van der Waals surface area contributed by atoms with Crippen LogP contribution in [0.25, 0.3) is 0 Å². The van der Waals surface area contributed by atoms with Crippen molar-refractivity contribution in [2.45, 2.75) is 50.9 Å². The summed E-state index contributed by atoms with van der Waals surface area (Å²) >= 11 is 0. The predicted molar refractivity (Wildman–Crippen MR) is 135 cm³/mol. The van der Waals surface area contributed by atoms with Crippen molar-refractivity contribution in [2.24, 2.45) is 0 Å². The second-order valence-electron chi connectivity index (χ2n) is 10.1. The van der Waals surface area contributed by atoms with Crippen LogP contribution in [0.15, 0.2) is 72.8 Å². The Morgan fingerprint density at radius 1 is 0.972 bits per heavy atom. The third-order valence-electron chi connectivity index (χ3n) is 7.54. The van der Waals surface area contributed by atoms with E-state index in [2.05, 4.69) is 41.3 Å². The number of hydrogen-bond donors (Lipinski definition) is 0. The summed E-state index contributed by atoms with van der Waals surface area (Å²) in [5.41, 5.74) is 3.73. The lowest BCUT2D eigenvalue weighted by Gasteiger charge is -2.42. The van der Waals surface area contributed by atoms with Crippen LogP contribution in [0, 0.1) is 6.92 Å². The van der Waals surface area contributed by atoms with Gasteiger partial charge in [-0.25, -0.2) is 0 Å². The maximum atomic E-state index is 13.7. The van der Waals surface area contributed by atoms with Gasteiger partial charge in [-0.1, -0.05) is 54.6 Å². The fourth-order valence-electron chi connectivity index (χ4n) is 5.83. The Morgan fingerprint density at radius 3 is 2.50 bits per heavy atom. The number of fused-ring (bicyclic) bond motifs is 1. The molecule has 1 amide bonds. The largest absolute Gasteiger partial charge is 0.416 e. The molecule has 0 radical (unpaired) electrons. The average molecular weight is 493 g/mol. The monoisotopic (exact) mass is 492 g/mol. The lowest BCUT2D eigenvalue weighted by atomic mass is 9.91. The van der Waals surface area contributed by atoms with Gasteiger partial charge in [0.15, 0.2) is 0 Å². The molecule has 2 aliphatic rings. The highest BCUT2D eigenvalue weighted by Crippen LogP contribution is 2.38. The summed E-state index contributed by atoms with van der Waals surface area (Å²) in [6.45, 7) is 4.30. The van der Waals surface area contributed by atoms with Crippen LogP contribution in [0.2, 0.25) is 0 Å². The third kappa shape index (κ3) is 5.34. The van der Waals surface area contributed by atoms with E-state index in [1.165, 1.54) is 16.7 Å². The quantitative estimate of drug-likeness (QED) is 0.408. The fraction of sp³-hybridized carbons (Fsp3) is 0.367. The highest BCUT2D eigenvalue weighted by atomic mass is 19.4. The van der Waals surface area contributed by atoms with Crippen LogP contribution in [-0.2, 0) is 19.1 Å². The highest BCUT2D eigenvalue weighted by molar-refractivity contribution is 5.95. The summed E-state index contributed by atoms with van der Waals surface area (Å²) in [6.07, 6.45) is -1.60. The van der Waals surface area contributed by atoms with Gasteiger partial charge in [0.1, 0.15) is 0 Å². The SMILES string of the molecule is Cc1cc(C(=O)N2CCN(Cc3ccccc3)C[C@H]2CC2CCc3ccccc32)cc(C(F)(F)F)c1. The number of alkyl halides is 3. The third-order valence-corrected chi connectivity index (χ3v) is 7.54. The van der Waals surface area contributed by atoms with Crippen molar-refractivity contribution in [3.05, 3.63) is 106 Å². The van der Waals surface area contributed by atoms with Crippen LogP contribution >= 0.6 is 0 Å². The summed E-state index contributed by atoms with van der Waals surface area (Å²) < 4.78 is 40.4. The second-order valence-corrected chi connectivity index (χ2v) is 10.1. The first kappa shape index (κ1) is 24.6. The van der Waals surface area contributed by atoms with Gasteiger partial charge in [-0.3, -0.25) is 9.69 Å². The van der Waals surface area contributed by atoms with E-state index in [9.17, 15) is 18.0 Å². The van der Waals surface area contributed by atoms with Crippen molar-refractivity contribution in [3.8, 4) is 0 Å². The zero-order valence-electron chi connectivity index (χ0n) is 20.5. The molecule has 3 aromatic carbocycles. The summed E-state index contributed by atoms with van der Waals surface area (Å²) in [5.74, 6) is 0.0428. The molecular formula is C30H31F3N2O. The molecule has 1 aliphatic carbocycles. The Bertz CT molecular complexity index is 1220. The average Bonchev–Trinajstić information content (AvgIpc) is 3.26. The van der Waals surface area contributed by atoms with Gasteiger partial charge in [0.25, 0.3) is 5.91 Å². The molecule has 1 fully saturated rings. The minimum Gasteiger partial charge on any atom is -0.333 e. The van der Waals surface area contributed by atoms with E-state index in [-0.39, 0.29) is 17.5 Å². The topological polar surface area (TPSA) is 23.6 Å². The minimum absolute atomic E-state index is 0.0685. The number of hydrogen-bond acceptors (Lipinski definition) is 2. The Kier molecular flexibility index (Phi) is 6.89. The lowest BCUT2D eigenvalue weighted by molar-refractivity contribution is -0.137. The first-order valence-corrected chi connectivity index (χ1v) is 12.6. The van der Waals surface area contributed by atoms with E-state index in [0.29, 0.717) is 31.1 Å². The Balaban J connectivity index is 1.41. The molecule has 6 heteroatoms. The smallest absolute Gasteiger partial charge is 0.333 e.